The smallest absolute Gasteiger partial charge is 0.410 e. The van der Waals surface area contributed by atoms with E-state index in [-0.39, 0.29) is 24.3 Å². The molecule has 0 spiro atoms. The number of nitrogens with zero attached hydrogens (tertiary/aromatic N) is 4. The van der Waals surface area contributed by atoms with E-state index in [1.807, 2.05) is 80.3 Å². The van der Waals surface area contributed by atoms with Gasteiger partial charge in [-0.05, 0) is 38.5 Å². The summed E-state index contributed by atoms with van der Waals surface area (Å²) in [5, 5.41) is 3.23. The van der Waals surface area contributed by atoms with E-state index in [1.165, 1.54) is 0 Å². The number of nitrogens with one attached hydrogen (secondary N) is 2. The van der Waals surface area contributed by atoms with Gasteiger partial charge in [-0.3, -0.25) is 4.90 Å². The molecule has 0 radical (unpaired) electrons. The molecule has 3 heterocycles. The monoisotopic (exact) mass is 506 g/mol. The number of imidazole rings is 1. The molecule has 38 heavy (non-hydrogen) atoms. The van der Waals surface area contributed by atoms with Crippen LogP contribution in [0.15, 0.2) is 73.1 Å². The normalized spacial score (nSPS) is 14.0. The van der Waals surface area contributed by atoms with Gasteiger partial charge in [-0.1, -0.05) is 54.6 Å². The summed E-state index contributed by atoms with van der Waals surface area (Å²) in [5.41, 5.74) is 7.74. The molecule has 0 atom stereocenters. The number of hydrogen-bond acceptors (Lipinski definition) is 6. The number of aromatic nitrogens is 4. The SMILES string of the molecule is CC(C)(C)N(C(=O)OCc1ccc(-c2[nH]c3cc4ncnc4cc3nc2-c2ccccc2)cc1)C1CNC1. The minimum absolute atomic E-state index is 0.165. The van der Waals surface area contributed by atoms with E-state index < -0.39 is 0 Å². The van der Waals surface area contributed by atoms with Crippen LogP contribution in [0.3, 0.4) is 0 Å². The molecule has 3 aromatic carbocycles. The van der Waals surface area contributed by atoms with E-state index in [1.54, 1.807) is 6.33 Å². The first-order valence-corrected chi connectivity index (χ1v) is 12.8. The number of carbonyl (C=O) groups is 1. The minimum Gasteiger partial charge on any atom is -0.445 e. The van der Waals surface area contributed by atoms with E-state index >= 15 is 0 Å². The van der Waals surface area contributed by atoms with Gasteiger partial charge in [0.05, 0.1) is 39.5 Å². The molecule has 0 aliphatic carbocycles. The summed E-state index contributed by atoms with van der Waals surface area (Å²) in [6.45, 7) is 7.92. The highest BCUT2D eigenvalue weighted by Gasteiger charge is 2.37. The van der Waals surface area contributed by atoms with E-state index in [0.717, 1.165) is 63.2 Å². The molecule has 8 heteroatoms. The van der Waals surface area contributed by atoms with Gasteiger partial charge in [0.2, 0.25) is 0 Å². The van der Waals surface area contributed by atoms with Gasteiger partial charge in [0.25, 0.3) is 0 Å². The zero-order chi connectivity index (χ0) is 26.3. The Morgan fingerprint density at radius 1 is 0.947 bits per heavy atom. The maximum atomic E-state index is 12.9. The number of benzene rings is 3. The number of aromatic amines is 1. The Morgan fingerprint density at radius 2 is 1.66 bits per heavy atom. The highest BCUT2D eigenvalue weighted by Crippen LogP contribution is 2.32. The molecular weight excluding hydrogens is 476 g/mol. The van der Waals surface area contributed by atoms with Crippen LogP contribution in [0.5, 0.6) is 0 Å². The molecule has 0 unspecified atom stereocenters. The molecule has 1 amide bonds. The topological polar surface area (TPSA) is 96.0 Å². The number of carbonyl (C=O) groups excluding carboxylic acids is 1. The second kappa shape index (κ2) is 9.54. The van der Waals surface area contributed by atoms with Crippen LogP contribution < -0.4 is 5.32 Å². The predicted octanol–water partition coefficient (Wildman–Crippen LogP) is 5.55. The van der Waals surface area contributed by atoms with E-state index in [2.05, 4.69) is 32.4 Å². The molecule has 8 nitrogen and oxygen atoms in total. The van der Waals surface area contributed by atoms with Crippen molar-refractivity contribution < 1.29 is 9.53 Å². The molecule has 1 saturated heterocycles. The van der Waals surface area contributed by atoms with Gasteiger partial charge in [-0.2, -0.15) is 0 Å². The number of fused-ring (bicyclic) bond motifs is 2. The van der Waals surface area contributed by atoms with Crippen molar-refractivity contribution in [1.29, 1.82) is 0 Å². The summed E-state index contributed by atoms with van der Waals surface area (Å²) in [6.07, 6.45) is 1.28. The third-order valence-corrected chi connectivity index (χ3v) is 6.91. The number of amides is 1. The average molecular weight is 507 g/mol. The standard InChI is InChI=1S/C30H30N6O2/c1-30(2,3)36(22-15-31-16-22)29(37)38-17-19-9-11-21(12-10-19)28-27(20-7-5-4-6-8-20)34-25-13-23-24(33-18-32-23)14-26(25)35-28/h4-14,18,22,31,35H,15-17H2,1-3H3. The van der Waals surface area contributed by atoms with Gasteiger partial charge in [0.15, 0.2) is 0 Å². The van der Waals surface area contributed by atoms with Crippen molar-refractivity contribution >= 4 is 28.2 Å². The van der Waals surface area contributed by atoms with Gasteiger partial charge in [0.1, 0.15) is 12.9 Å². The number of H-pyrrole nitrogens is 1. The van der Waals surface area contributed by atoms with Crippen molar-refractivity contribution in [3.63, 3.8) is 0 Å². The summed E-state index contributed by atoms with van der Waals surface area (Å²) >= 11 is 0. The van der Waals surface area contributed by atoms with E-state index in [9.17, 15) is 4.79 Å². The molecule has 0 bridgehead atoms. The lowest BCUT2D eigenvalue weighted by Crippen LogP contribution is -2.64. The van der Waals surface area contributed by atoms with E-state index in [0.29, 0.717) is 0 Å². The average Bonchev–Trinajstić information content (AvgIpc) is 3.34. The van der Waals surface area contributed by atoms with Crippen molar-refractivity contribution in [3.05, 3.63) is 78.6 Å². The Bertz CT molecular complexity index is 1600. The van der Waals surface area contributed by atoms with Crippen LogP contribution >= 0.6 is 0 Å². The van der Waals surface area contributed by atoms with Gasteiger partial charge >= 0.3 is 6.09 Å². The summed E-state index contributed by atoms with van der Waals surface area (Å²) < 4.78 is 5.73. The first-order chi connectivity index (χ1) is 18.4. The molecule has 0 saturated carbocycles. The van der Waals surface area contributed by atoms with Crippen LogP contribution in [-0.2, 0) is 11.3 Å². The molecule has 192 valence electrons. The summed E-state index contributed by atoms with van der Waals surface area (Å²) in [7, 11) is 0. The molecular formula is C30H30N6O2. The lowest BCUT2D eigenvalue weighted by atomic mass is 10.0. The number of hydrogen-bond donors (Lipinski definition) is 2. The fourth-order valence-corrected chi connectivity index (χ4v) is 4.91. The molecule has 2 aromatic heterocycles. The van der Waals surface area contributed by atoms with Gasteiger partial charge in [0, 0.05) is 29.8 Å². The minimum atomic E-state index is -0.306. The van der Waals surface area contributed by atoms with Crippen LogP contribution in [-0.4, -0.2) is 55.6 Å². The molecule has 5 aromatic rings. The van der Waals surface area contributed by atoms with Crippen LogP contribution in [0, 0.1) is 0 Å². The van der Waals surface area contributed by atoms with Crippen LogP contribution in [0.2, 0.25) is 0 Å². The second-order valence-electron chi connectivity index (χ2n) is 10.7. The van der Waals surface area contributed by atoms with Crippen LogP contribution in [0.1, 0.15) is 26.3 Å². The van der Waals surface area contributed by atoms with E-state index in [4.69, 9.17) is 9.72 Å². The van der Waals surface area contributed by atoms with Crippen LogP contribution in [0.25, 0.3) is 44.6 Å². The Morgan fingerprint density at radius 3 is 2.32 bits per heavy atom. The fourth-order valence-electron chi connectivity index (χ4n) is 4.91. The largest absolute Gasteiger partial charge is 0.445 e. The quantitative estimate of drug-likeness (QED) is 0.325. The van der Waals surface area contributed by atoms with Gasteiger partial charge in [-0.25, -0.2) is 19.7 Å². The zero-order valence-electron chi connectivity index (χ0n) is 21.7. The Kier molecular flexibility index (Phi) is 6.04. The van der Waals surface area contributed by atoms with Gasteiger partial charge < -0.3 is 15.0 Å². The second-order valence-corrected chi connectivity index (χ2v) is 10.7. The summed E-state index contributed by atoms with van der Waals surface area (Å²) in [5.74, 6) is 0. The van der Waals surface area contributed by atoms with Crippen molar-refractivity contribution in [2.45, 2.75) is 39.0 Å². The van der Waals surface area contributed by atoms with Crippen LogP contribution in [0.4, 0.5) is 4.79 Å². The first-order valence-electron chi connectivity index (χ1n) is 12.8. The Hall–Kier alpha value is -4.30. The highest BCUT2D eigenvalue weighted by atomic mass is 16.6. The van der Waals surface area contributed by atoms with Crippen molar-refractivity contribution in [1.82, 2.24) is 30.2 Å². The maximum absolute atomic E-state index is 12.9. The third-order valence-electron chi connectivity index (χ3n) is 6.91. The van der Waals surface area contributed by atoms with Gasteiger partial charge in [-0.15, -0.1) is 0 Å². The first kappa shape index (κ1) is 24.1. The lowest BCUT2D eigenvalue weighted by Gasteiger charge is -2.45. The lowest BCUT2D eigenvalue weighted by molar-refractivity contribution is 0.0259. The maximum Gasteiger partial charge on any atom is 0.410 e. The molecule has 2 N–H and O–H groups in total. The molecule has 1 aliphatic rings. The van der Waals surface area contributed by atoms with Crippen molar-refractivity contribution in [3.8, 4) is 22.5 Å². The summed E-state index contributed by atoms with van der Waals surface area (Å²) in [6, 6.07) is 22.3. The fraction of sp³-hybridized carbons (Fsp3) is 0.267. The molecule has 6 rings (SSSR count). The molecule has 1 aliphatic heterocycles. The highest BCUT2D eigenvalue weighted by molar-refractivity contribution is 5.94. The van der Waals surface area contributed by atoms with Crippen molar-refractivity contribution in [2.24, 2.45) is 0 Å². The third kappa shape index (κ3) is 4.59. The Labute approximate surface area is 221 Å². The zero-order valence-corrected chi connectivity index (χ0v) is 21.7. The molecule has 1 fully saturated rings. The Balaban J connectivity index is 1.30. The van der Waals surface area contributed by atoms with Crippen molar-refractivity contribution in [2.75, 3.05) is 13.1 Å². The number of ether oxygens (including phenoxy) is 1. The predicted molar refractivity (Wildman–Crippen MR) is 148 cm³/mol. The summed E-state index contributed by atoms with van der Waals surface area (Å²) in [4.78, 5) is 32.1. The number of rotatable bonds is 5.